The van der Waals surface area contributed by atoms with Gasteiger partial charge in [0.05, 0.1) is 0 Å². The first-order valence-electron chi connectivity index (χ1n) is 7.15. The predicted octanol–water partition coefficient (Wildman–Crippen LogP) is 2.91. The molecule has 2 rings (SSSR count). The molecular formula is C14H28N2. The van der Waals surface area contributed by atoms with Crippen molar-refractivity contribution < 1.29 is 0 Å². The first-order chi connectivity index (χ1) is 7.61. The molecule has 0 aromatic rings. The zero-order chi connectivity index (χ0) is 11.6. The second kappa shape index (κ2) is 5.05. The van der Waals surface area contributed by atoms with Gasteiger partial charge in [-0.05, 0) is 52.5 Å². The van der Waals surface area contributed by atoms with E-state index in [4.69, 9.17) is 5.73 Å². The summed E-state index contributed by atoms with van der Waals surface area (Å²) in [5, 5.41) is 0. The Morgan fingerprint density at radius 3 is 2.50 bits per heavy atom. The first-order valence-corrected chi connectivity index (χ1v) is 7.15. The number of hydrogen-bond acceptors (Lipinski definition) is 2. The third-order valence-corrected chi connectivity index (χ3v) is 4.58. The molecule has 2 heteroatoms. The van der Waals surface area contributed by atoms with Gasteiger partial charge in [0.1, 0.15) is 0 Å². The molecule has 1 atom stereocenters. The van der Waals surface area contributed by atoms with Gasteiger partial charge in [0.25, 0.3) is 0 Å². The van der Waals surface area contributed by atoms with Crippen molar-refractivity contribution >= 4 is 0 Å². The Morgan fingerprint density at radius 2 is 1.88 bits per heavy atom. The van der Waals surface area contributed by atoms with Gasteiger partial charge in [-0.15, -0.1) is 0 Å². The molecule has 2 nitrogen and oxygen atoms in total. The van der Waals surface area contributed by atoms with E-state index in [-0.39, 0.29) is 5.54 Å². The molecule has 0 amide bonds. The van der Waals surface area contributed by atoms with Gasteiger partial charge in [0, 0.05) is 17.6 Å². The molecule has 0 radical (unpaired) electrons. The van der Waals surface area contributed by atoms with Crippen LogP contribution in [0.5, 0.6) is 0 Å². The van der Waals surface area contributed by atoms with Crippen molar-refractivity contribution in [1.29, 1.82) is 0 Å². The molecular weight excluding hydrogens is 196 g/mol. The summed E-state index contributed by atoms with van der Waals surface area (Å²) >= 11 is 0. The highest BCUT2D eigenvalue weighted by molar-refractivity contribution is 4.94. The summed E-state index contributed by atoms with van der Waals surface area (Å²) in [7, 11) is 0. The number of hydrogen-bond donors (Lipinski definition) is 1. The molecule has 1 saturated carbocycles. The van der Waals surface area contributed by atoms with E-state index < -0.39 is 0 Å². The molecule has 94 valence electrons. The van der Waals surface area contributed by atoms with Crippen molar-refractivity contribution in [2.24, 2.45) is 5.73 Å². The standard InChI is InChI=1S/C14H28N2/c1-12(2)16-10-6-3-7-13(16)11-14(15)8-4-5-9-14/h12-13H,3-11,15H2,1-2H3. The van der Waals surface area contributed by atoms with Crippen LogP contribution >= 0.6 is 0 Å². The molecule has 1 saturated heterocycles. The third-order valence-electron chi connectivity index (χ3n) is 4.58. The molecule has 0 aromatic heterocycles. The Hall–Kier alpha value is -0.0800. The van der Waals surface area contributed by atoms with E-state index in [1.165, 1.54) is 57.9 Å². The Kier molecular flexibility index (Phi) is 3.91. The Morgan fingerprint density at radius 1 is 1.19 bits per heavy atom. The van der Waals surface area contributed by atoms with Crippen LogP contribution in [0.3, 0.4) is 0 Å². The van der Waals surface area contributed by atoms with Crippen molar-refractivity contribution in [3.05, 3.63) is 0 Å². The summed E-state index contributed by atoms with van der Waals surface area (Å²) in [5.74, 6) is 0. The van der Waals surface area contributed by atoms with Gasteiger partial charge in [0.15, 0.2) is 0 Å². The number of likely N-dealkylation sites (tertiary alicyclic amines) is 1. The molecule has 0 bridgehead atoms. The number of nitrogens with zero attached hydrogens (tertiary/aromatic N) is 1. The highest BCUT2D eigenvalue weighted by Crippen LogP contribution is 2.35. The molecule has 0 spiro atoms. The second-order valence-electron chi connectivity index (χ2n) is 6.25. The smallest absolute Gasteiger partial charge is 0.0169 e. The van der Waals surface area contributed by atoms with Crippen LogP contribution in [0.25, 0.3) is 0 Å². The largest absolute Gasteiger partial charge is 0.325 e. The molecule has 2 N–H and O–H groups in total. The average Bonchev–Trinajstić information content (AvgIpc) is 2.65. The lowest BCUT2D eigenvalue weighted by atomic mass is 9.85. The van der Waals surface area contributed by atoms with E-state index in [1.54, 1.807) is 0 Å². The van der Waals surface area contributed by atoms with E-state index in [1.807, 2.05) is 0 Å². The lowest BCUT2D eigenvalue weighted by molar-refractivity contribution is 0.0876. The highest BCUT2D eigenvalue weighted by atomic mass is 15.2. The quantitative estimate of drug-likeness (QED) is 0.798. The van der Waals surface area contributed by atoms with Crippen LogP contribution in [0, 0.1) is 0 Å². The molecule has 0 aromatic carbocycles. The van der Waals surface area contributed by atoms with Gasteiger partial charge in [-0.1, -0.05) is 19.3 Å². The number of piperidine rings is 1. The molecule has 1 aliphatic carbocycles. The van der Waals surface area contributed by atoms with E-state index in [0.29, 0.717) is 6.04 Å². The third kappa shape index (κ3) is 2.78. The summed E-state index contributed by atoms with van der Waals surface area (Å²) in [6, 6.07) is 1.45. The Bertz CT molecular complexity index is 219. The van der Waals surface area contributed by atoms with E-state index in [2.05, 4.69) is 18.7 Å². The lowest BCUT2D eigenvalue weighted by Crippen LogP contribution is -2.50. The lowest BCUT2D eigenvalue weighted by Gasteiger charge is -2.42. The van der Waals surface area contributed by atoms with Gasteiger partial charge in [-0.3, -0.25) is 4.90 Å². The number of rotatable bonds is 3. The van der Waals surface area contributed by atoms with Gasteiger partial charge in [-0.2, -0.15) is 0 Å². The van der Waals surface area contributed by atoms with Crippen LogP contribution in [-0.2, 0) is 0 Å². The van der Waals surface area contributed by atoms with Gasteiger partial charge >= 0.3 is 0 Å². The second-order valence-corrected chi connectivity index (χ2v) is 6.25. The summed E-state index contributed by atoms with van der Waals surface area (Å²) < 4.78 is 0. The fourth-order valence-electron chi connectivity index (χ4n) is 3.67. The van der Waals surface area contributed by atoms with Crippen LogP contribution in [0.2, 0.25) is 0 Å². The van der Waals surface area contributed by atoms with Crippen LogP contribution < -0.4 is 5.73 Å². The predicted molar refractivity (Wildman–Crippen MR) is 69.5 cm³/mol. The van der Waals surface area contributed by atoms with Crippen LogP contribution in [0.1, 0.15) is 65.2 Å². The molecule has 1 heterocycles. The van der Waals surface area contributed by atoms with Crippen LogP contribution in [-0.4, -0.2) is 29.1 Å². The maximum atomic E-state index is 6.53. The first kappa shape index (κ1) is 12.4. The summed E-state index contributed by atoms with van der Waals surface area (Å²) in [4.78, 5) is 2.69. The summed E-state index contributed by atoms with van der Waals surface area (Å²) in [6.45, 7) is 5.95. The fourth-order valence-corrected chi connectivity index (χ4v) is 3.67. The van der Waals surface area contributed by atoms with Crippen molar-refractivity contribution in [3.8, 4) is 0 Å². The van der Waals surface area contributed by atoms with Gasteiger partial charge in [-0.25, -0.2) is 0 Å². The molecule has 2 fully saturated rings. The average molecular weight is 224 g/mol. The zero-order valence-electron chi connectivity index (χ0n) is 11.0. The molecule has 16 heavy (non-hydrogen) atoms. The highest BCUT2D eigenvalue weighted by Gasteiger charge is 2.35. The van der Waals surface area contributed by atoms with Crippen molar-refractivity contribution in [2.75, 3.05) is 6.54 Å². The Balaban J connectivity index is 1.95. The van der Waals surface area contributed by atoms with Crippen molar-refractivity contribution in [1.82, 2.24) is 4.90 Å². The normalized spacial score (nSPS) is 31.1. The van der Waals surface area contributed by atoms with Gasteiger partial charge in [0.2, 0.25) is 0 Å². The van der Waals surface area contributed by atoms with E-state index in [9.17, 15) is 0 Å². The maximum Gasteiger partial charge on any atom is 0.0169 e. The van der Waals surface area contributed by atoms with E-state index in [0.717, 1.165) is 6.04 Å². The monoisotopic (exact) mass is 224 g/mol. The van der Waals surface area contributed by atoms with Crippen LogP contribution in [0.15, 0.2) is 0 Å². The summed E-state index contributed by atoms with van der Waals surface area (Å²) in [5.41, 5.74) is 6.70. The molecule has 2 aliphatic rings. The zero-order valence-corrected chi connectivity index (χ0v) is 11.0. The molecule has 1 aliphatic heterocycles. The Labute approximate surface area is 101 Å². The fraction of sp³-hybridized carbons (Fsp3) is 1.00. The minimum atomic E-state index is 0.176. The van der Waals surface area contributed by atoms with Crippen molar-refractivity contribution in [2.45, 2.75) is 82.8 Å². The summed E-state index contributed by atoms with van der Waals surface area (Å²) in [6.07, 6.45) is 10.6. The topological polar surface area (TPSA) is 29.3 Å². The minimum absolute atomic E-state index is 0.176. The van der Waals surface area contributed by atoms with E-state index >= 15 is 0 Å². The minimum Gasteiger partial charge on any atom is -0.325 e. The van der Waals surface area contributed by atoms with Gasteiger partial charge < -0.3 is 5.73 Å². The van der Waals surface area contributed by atoms with Crippen LogP contribution in [0.4, 0.5) is 0 Å². The number of nitrogens with two attached hydrogens (primary N) is 1. The SMILES string of the molecule is CC(C)N1CCCCC1CC1(N)CCCC1. The van der Waals surface area contributed by atoms with Crippen molar-refractivity contribution in [3.63, 3.8) is 0 Å². The maximum absolute atomic E-state index is 6.53. The molecule has 1 unspecified atom stereocenters.